The van der Waals surface area contributed by atoms with E-state index in [0.717, 1.165) is 17.1 Å². The van der Waals surface area contributed by atoms with E-state index < -0.39 is 0 Å². The molecule has 2 aromatic rings. The van der Waals surface area contributed by atoms with Crippen LogP contribution in [0.15, 0.2) is 42.5 Å². The first kappa shape index (κ1) is 13.5. The van der Waals surface area contributed by atoms with Gasteiger partial charge in [0, 0.05) is 0 Å². The van der Waals surface area contributed by atoms with Gasteiger partial charge in [-0.25, -0.2) is 0 Å². The van der Waals surface area contributed by atoms with Gasteiger partial charge < -0.3 is 9.47 Å². The maximum atomic E-state index is 5.34. The summed E-state index contributed by atoms with van der Waals surface area (Å²) in [4.78, 5) is 0. The molecule has 0 radical (unpaired) electrons. The third-order valence-electron chi connectivity index (χ3n) is 3.29. The molecule has 0 aliphatic rings. The quantitative estimate of drug-likeness (QED) is 0.802. The Labute approximate surface area is 115 Å². The number of benzene rings is 2. The lowest BCUT2D eigenvalue weighted by atomic mass is 9.98. The predicted molar refractivity (Wildman–Crippen MR) is 79.1 cm³/mol. The van der Waals surface area contributed by atoms with Crippen LogP contribution in [-0.2, 0) is 0 Å². The summed E-state index contributed by atoms with van der Waals surface area (Å²) in [5, 5.41) is 0. The molecular weight excluding hydrogens is 236 g/mol. The highest BCUT2D eigenvalue weighted by Gasteiger charge is 2.06. The number of hydrogen-bond donors (Lipinski definition) is 0. The van der Waals surface area contributed by atoms with Gasteiger partial charge in [-0.2, -0.15) is 0 Å². The fourth-order valence-electron chi connectivity index (χ4n) is 2.08. The second-order valence-electron chi connectivity index (χ2n) is 4.85. The number of rotatable bonds is 4. The van der Waals surface area contributed by atoms with E-state index in [1.165, 1.54) is 11.1 Å². The van der Waals surface area contributed by atoms with E-state index in [0.29, 0.717) is 5.92 Å². The second kappa shape index (κ2) is 5.79. The van der Waals surface area contributed by atoms with E-state index in [4.69, 9.17) is 9.47 Å². The number of ether oxygens (including phenoxy) is 2. The lowest BCUT2D eigenvalue weighted by Gasteiger charge is -2.11. The van der Waals surface area contributed by atoms with Crippen LogP contribution in [0.4, 0.5) is 0 Å². The van der Waals surface area contributed by atoms with Crippen molar-refractivity contribution in [1.82, 2.24) is 0 Å². The third kappa shape index (κ3) is 2.90. The zero-order valence-corrected chi connectivity index (χ0v) is 11.9. The predicted octanol–water partition coefficient (Wildman–Crippen LogP) is 4.49. The van der Waals surface area contributed by atoms with Crippen LogP contribution in [-0.4, -0.2) is 14.2 Å². The van der Waals surface area contributed by atoms with Crippen LogP contribution < -0.4 is 9.47 Å². The van der Waals surface area contributed by atoms with Crippen molar-refractivity contribution in [2.45, 2.75) is 19.8 Å². The fraction of sp³-hybridized carbons (Fsp3) is 0.294. The minimum absolute atomic E-state index is 0.555. The zero-order chi connectivity index (χ0) is 13.8. The molecule has 2 aromatic carbocycles. The lowest BCUT2D eigenvalue weighted by Crippen LogP contribution is -1.91. The first-order valence-corrected chi connectivity index (χ1v) is 6.48. The Bertz CT molecular complexity index is 542. The van der Waals surface area contributed by atoms with Gasteiger partial charge in [0.05, 0.1) is 14.2 Å². The molecule has 0 amide bonds. The van der Waals surface area contributed by atoms with Gasteiger partial charge in [0.25, 0.3) is 0 Å². The van der Waals surface area contributed by atoms with E-state index in [-0.39, 0.29) is 0 Å². The van der Waals surface area contributed by atoms with Gasteiger partial charge >= 0.3 is 0 Å². The Balaban J connectivity index is 2.36. The van der Waals surface area contributed by atoms with Gasteiger partial charge in [-0.1, -0.05) is 44.2 Å². The topological polar surface area (TPSA) is 18.5 Å². The first-order valence-electron chi connectivity index (χ1n) is 6.48. The van der Waals surface area contributed by atoms with Gasteiger partial charge in [-0.15, -0.1) is 0 Å². The molecule has 0 N–H and O–H groups in total. The normalized spacial score (nSPS) is 10.6. The highest BCUT2D eigenvalue weighted by Crippen LogP contribution is 2.32. The Morgan fingerprint density at radius 1 is 0.737 bits per heavy atom. The van der Waals surface area contributed by atoms with E-state index >= 15 is 0 Å². The van der Waals surface area contributed by atoms with E-state index in [1.807, 2.05) is 18.2 Å². The summed E-state index contributed by atoms with van der Waals surface area (Å²) >= 11 is 0. The van der Waals surface area contributed by atoms with Crippen LogP contribution >= 0.6 is 0 Å². The van der Waals surface area contributed by atoms with Crippen molar-refractivity contribution in [1.29, 1.82) is 0 Å². The summed E-state index contributed by atoms with van der Waals surface area (Å²) in [5.74, 6) is 2.07. The molecule has 0 aromatic heterocycles. The van der Waals surface area contributed by atoms with Gasteiger partial charge in [-0.3, -0.25) is 0 Å². The molecule has 2 rings (SSSR count). The highest BCUT2D eigenvalue weighted by atomic mass is 16.5. The van der Waals surface area contributed by atoms with Crippen molar-refractivity contribution in [3.8, 4) is 22.6 Å². The monoisotopic (exact) mass is 256 g/mol. The van der Waals surface area contributed by atoms with Crippen molar-refractivity contribution in [3.63, 3.8) is 0 Å². The summed E-state index contributed by atoms with van der Waals surface area (Å²) in [5.41, 5.74) is 3.67. The van der Waals surface area contributed by atoms with Crippen molar-refractivity contribution >= 4 is 0 Å². The van der Waals surface area contributed by atoms with Crippen LogP contribution in [0.3, 0.4) is 0 Å². The molecule has 2 nitrogen and oxygen atoms in total. The molecule has 0 heterocycles. The van der Waals surface area contributed by atoms with E-state index in [9.17, 15) is 0 Å². The Kier molecular flexibility index (Phi) is 4.10. The Morgan fingerprint density at radius 3 is 1.84 bits per heavy atom. The molecule has 0 aliphatic carbocycles. The van der Waals surface area contributed by atoms with Gasteiger partial charge in [-0.05, 0) is 34.7 Å². The summed E-state index contributed by atoms with van der Waals surface area (Å²) in [6.07, 6.45) is 0. The SMILES string of the molecule is COc1ccc(-c2ccc(C(C)C)cc2)cc1OC. The van der Waals surface area contributed by atoms with Crippen LogP contribution in [0.5, 0.6) is 11.5 Å². The van der Waals surface area contributed by atoms with Gasteiger partial charge in [0.2, 0.25) is 0 Å². The largest absolute Gasteiger partial charge is 0.493 e. The molecule has 0 fully saturated rings. The summed E-state index contributed by atoms with van der Waals surface area (Å²) < 4.78 is 10.6. The Morgan fingerprint density at radius 2 is 1.32 bits per heavy atom. The van der Waals surface area contributed by atoms with Crippen LogP contribution in [0.1, 0.15) is 25.3 Å². The summed E-state index contributed by atoms with van der Waals surface area (Å²) in [7, 11) is 3.30. The molecule has 0 saturated carbocycles. The zero-order valence-electron chi connectivity index (χ0n) is 11.9. The van der Waals surface area contributed by atoms with Crippen molar-refractivity contribution in [2.75, 3.05) is 14.2 Å². The highest BCUT2D eigenvalue weighted by molar-refractivity contribution is 5.67. The molecule has 0 atom stereocenters. The van der Waals surface area contributed by atoms with Crippen LogP contribution in [0.25, 0.3) is 11.1 Å². The number of hydrogen-bond acceptors (Lipinski definition) is 2. The van der Waals surface area contributed by atoms with Crippen molar-refractivity contribution in [3.05, 3.63) is 48.0 Å². The van der Waals surface area contributed by atoms with Crippen LogP contribution in [0.2, 0.25) is 0 Å². The average Bonchev–Trinajstić information content (AvgIpc) is 2.46. The lowest BCUT2D eigenvalue weighted by molar-refractivity contribution is 0.355. The Hall–Kier alpha value is -1.96. The maximum Gasteiger partial charge on any atom is 0.161 e. The molecule has 0 bridgehead atoms. The van der Waals surface area contributed by atoms with E-state index in [2.05, 4.69) is 38.1 Å². The van der Waals surface area contributed by atoms with E-state index in [1.54, 1.807) is 14.2 Å². The summed E-state index contributed by atoms with van der Waals surface area (Å²) in [6.45, 7) is 4.40. The molecular formula is C17H20O2. The molecule has 0 unspecified atom stereocenters. The smallest absolute Gasteiger partial charge is 0.161 e. The third-order valence-corrected chi connectivity index (χ3v) is 3.29. The standard InChI is InChI=1S/C17H20O2/c1-12(2)13-5-7-14(8-6-13)15-9-10-16(18-3)17(11-15)19-4/h5-12H,1-4H3. The molecule has 100 valence electrons. The van der Waals surface area contributed by atoms with Gasteiger partial charge in [0.15, 0.2) is 11.5 Å². The molecule has 19 heavy (non-hydrogen) atoms. The first-order chi connectivity index (χ1) is 9.15. The molecule has 0 saturated heterocycles. The average molecular weight is 256 g/mol. The number of methoxy groups -OCH3 is 2. The fourth-order valence-corrected chi connectivity index (χ4v) is 2.08. The molecule has 0 spiro atoms. The van der Waals surface area contributed by atoms with Crippen molar-refractivity contribution in [2.24, 2.45) is 0 Å². The minimum atomic E-state index is 0.555. The van der Waals surface area contributed by atoms with Crippen molar-refractivity contribution < 1.29 is 9.47 Å². The second-order valence-corrected chi connectivity index (χ2v) is 4.85. The molecule has 0 aliphatic heterocycles. The minimum Gasteiger partial charge on any atom is -0.493 e. The summed E-state index contributed by atoms with van der Waals surface area (Å²) in [6, 6.07) is 14.6. The maximum absolute atomic E-state index is 5.34. The molecule has 2 heteroatoms. The van der Waals surface area contributed by atoms with Gasteiger partial charge in [0.1, 0.15) is 0 Å². The van der Waals surface area contributed by atoms with Crippen LogP contribution in [0, 0.1) is 0 Å².